The van der Waals surface area contributed by atoms with Crippen LogP contribution in [0.3, 0.4) is 0 Å². The minimum absolute atomic E-state index is 0.193. The molecule has 78 valence electrons. The molecule has 0 aromatic rings. The van der Waals surface area contributed by atoms with Gasteiger partial charge in [0, 0.05) is 0 Å². The number of alkyl halides is 2. The van der Waals surface area contributed by atoms with Crippen molar-refractivity contribution < 1.29 is 22.3 Å². The van der Waals surface area contributed by atoms with Crippen molar-refractivity contribution in [1.82, 2.24) is 0 Å². The Kier molecular flexibility index (Phi) is 2.61. The number of nitrogens with two attached hydrogens (primary N) is 1. The Labute approximate surface area is 74.8 Å². The predicted octanol–water partition coefficient (Wildman–Crippen LogP) is -0.319. The highest BCUT2D eigenvalue weighted by Gasteiger charge is 2.50. The first-order valence-corrected chi connectivity index (χ1v) is 5.45. The molecule has 0 unspecified atom stereocenters. The fourth-order valence-electron chi connectivity index (χ4n) is 1.56. The van der Waals surface area contributed by atoms with Crippen LogP contribution in [-0.2, 0) is 10.0 Å². The molecule has 1 aliphatic carbocycles. The molecule has 0 bridgehead atoms. The molecule has 1 rings (SSSR count). The lowest BCUT2D eigenvalue weighted by Crippen LogP contribution is -2.51. The van der Waals surface area contributed by atoms with E-state index in [2.05, 4.69) is 0 Å². The average Bonchev–Trinajstić information content (AvgIpc) is 1.79. The number of halogens is 2. The highest BCUT2D eigenvalue weighted by molar-refractivity contribution is 7.89. The summed E-state index contributed by atoms with van der Waals surface area (Å²) in [6.45, 7) is 0. The third kappa shape index (κ3) is 2.58. The smallest absolute Gasteiger partial charge is 0.266 e. The molecule has 4 nitrogen and oxygen atoms in total. The summed E-state index contributed by atoms with van der Waals surface area (Å²) in [4.78, 5) is 0. The van der Waals surface area contributed by atoms with Gasteiger partial charge in [-0.15, -0.1) is 0 Å². The number of hydrogen-bond donors (Lipinski definition) is 2. The molecule has 0 radical (unpaired) electrons. The molecule has 0 aromatic carbocycles. The van der Waals surface area contributed by atoms with Crippen LogP contribution in [0.25, 0.3) is 0 Å². The molecule has 3 N–H and O–H groups in total. The lowest BCUT2D eigenvalue weighted by atomic mass is 9.72. The van der Waals surface area contributed by atoms with Gasteiger partial charge < -0.3 is 5.11 Å². The number of sulfonamides is 1. The first-order valence-electron chi connectivity index (χ1n) is 3.74. The first kappa shape index (κ1) is 10.8. The summed E-state index contributed by atoms with van der Waals surface area (Å²) in [5.74, 6) is -0.767. The van der Waals surface area contributed by atoms with Crippen molar-refractivity contribution in [1.29, 1.82) is 0 Å². The van der Waals surface area contributed by atoms with Gasteiger partial charge in [-0.3, -0.25) is 0 Å². The Hall–Kier alpha value is -0.270. The van der Waals surface area contributed by atoms with Crippen LogP contribution < -0.4 is 5.14 Å². The van der Waals surface area contributed by atoms with E-state index in [0.29, 0.717) is 0 Å². The van der Waals surface area contributed by atoms with Gasteiger partial charge in [0.2, 0.25) is 10.0 Å². The largest absolute Gasteiger partial charge is 0.384 e. The summed E-state index contributed by atoms with van der Waals surface area (Å²) in [6.07, 6.45) is -3.20. The first-order chi connectivity index (χ1) is 5.73. The van der Waals surface area contributed by atoms with Gasteiger partial charge >= 0.3 is 0 Å². The van der Waals surface area contributed by atoms with Crippen LogP contribution in [0, 0.1) is 5.92 Å². The average molecular weight is 215 g/mol. The monoisotopic (exact) mass is 215 g/mol. The lowest BCUT2D eigenvalue weighted by molar-refractivity contribution is -0.163. The van der Waals surface area contributed by atoms with Gasteiger partial charge in [-0.25, -0.2) is 22.3 Å². The molecular formula is C6H11F2NO3S. The summed E-state index contributed by atoms with van der Waals surface area (Å²) < 4.78 is 45.1. The zero-order valence-corrected chi connectivity index (χ0v) is 7.60. The second-order valence-electron chi connectivity index (χ2n) is 3.51. The molecule has 1 saturated carbocycles. The normalized spacial score (nSPS) is 34.7. The van der Waals surface area contributed by atoms with Gasteiger partial charge in [-0.1, -0.05) is 0 Å². The van der Waals surface area contributed by atoms with E-state index in [1.807, 2.05) is 0 Å². The summed E-state index contributed by atoms with van der Waals surface area (Å²) in [5.41, 5.74) is -1.99. The Morgan fingerprint density at radius 2 is 2.00 bits per heavy atom. The maximum atomic E-state index is 12.0. The number of hydrogen-bond acceptors (Lipinski definition) is 3. The van der Waals surface area contributed by atoms with Crippen molar-refractivity contribution in [2.24, 2.45) is 11.1 Å². The highest BCUT2D eigenvalue weighted by atomic mass is 32.2. The number of aliphatic hydroxyl groups is 1. The maximum absolute atomic E-state index is 12.0. The molecule has 13 heavy (non-hydrogen) atoms. The van der Waals surface area contributed by atoms with Gasteiger partial charge in [-0.05, 0) is 18.8 Å². The summed E-state index contributed by atoms with van der Waals surface area (Å²) in [6, 6.07) is 0. The molecule has 0 spiro atoms. The molecule has 0 aliphatic heterocycles. The molecular weight excluding hydrogens is 204 g/mol. The van der Waals surface area contributed by atoms with Crippen LogP contribution in [0.2, 0.25) is 0 Å². The van der Waals surface area contributed by atoms with Crippen molar-refractivity contribution in [3.05, 3.63) is 0 Å². The van der Waals surface area contributed by atoms with E-state index in [-0.39, 0.29) is 18.6 Å². The van der Waals surface area contributed by atoms with Gasteiger partial charge in [-0.2, -0.15) is 0 Å². The number of primary sulfonamides is 1. The minimum Gasteiger partial charge on any atom is -0.384 e. The van der Waals surface area contributed by atoms with Gasteiger partial charge in [0.1, 0.15) is 5.60 Å². The molecule has 0 aromatic heterocycles. The molecule has 1 fully saturated rings. The Morgan fingerprint density at radius 3 is 2.31 bits per heavy atom. The standard InChI is InChI=1S/C6H11F2NO3S/c7-5(8)6(10)1-4(2-6)3-13(9,11)12/h4-5,10H,1-3H2,(H2,9,11,12). The maximum Gasteiger partial charge on any atom is 0.266 e. The van der Waals surface area contributed by atoms with Crippen LogP contribution in [0.15, 0.2) is 0 Å². The third-order valence-corrected chi connectivity index (χ3v) is 3.09. The zero-order chi connectivity index (χ0) is 10.3. The Morgan fingerprint density at radius 1 is 1.54 bits per heavy atom. The van der Waals surface area contributed by atoms with Crippen molar-refractivity contribution in [2.45, 2.75) is 24.9 Å². The van der Waals surface area contributed by atoms with E-state index in [4.69, 9.17) is 10.2 Å². The van der Waals surface area contributed by atoms with Crippen LogP contribution in [-0.4, -0.2) is 31.3 Å². The molecule has 0 heterocycles. The van der Waals surface area contributed by atoms with Gasteiger partial charge in [0.25, 0.3) is 6.43 Å². The van der Waals surface area contributed by atoms with Crippen LogP contribution in [0.5, 0.6) is 0 Å². The second-order valence-corrected chi connectivity index (χ2v) is 5.17. The van der Waals surface area contributed by atoms with E-state index in [1.54, 1.807) is 0 Å². The van der Waals surface area contributed by atoms with Crippen LogP contribution >= 0.6 is 0 Å². The second kappa shape index (κ2) is 3.14. The van der Waals surface area contributed by atoms with Gasteiger partial charge in [0.05, 0.1) is 5.75 Å². The fourth-order valence-corrected chi connectivity index (χ4v) is 2.46. The van der Waals surface area contributed by atoms with E-state index < -0.39 is 28.0 Å². The van der Waals surface area contributed by atoms with Crippen molar-refractivity contribution in [3.8, 4) is 0 Å². The van der Waals surface area contributed by atoms with Crippen molar-refractivity contribution >= 4 is 10.0 Å². The predicted molar refractivity (Wildman–Crippen MR) is 41.7 cm³/mol. The molecule has 7 heteroatoms. The molecule has 0 saturated heterocycles. The van der Waals surface area contributed by atoms with E-state index in [9.17, 15) is 17.2 Å². The lowest BCUT2D eigenvalue weighted by Gasteiger charge is -2.42. The quantitative estimate of drug-likeness (QED) is 0.677. The Bertz CT molecular complexity index is 284. The summed E-state index contributed by atoms with van der Waals surface area (Å²) >= 11 is 0. The van der Waals surface area contributed by atoms with E-state index >= 15 is 0 Å². The summed E-state index contributed by atoms with van der Waals surface area (Å²) in [7, 11) is -3.62. The van der Waals surface area contributed by atoms with E-state index in [0.717, 1.165) is 0 Å². The van der Waals surface area contributed by atoms with Crippen LogP contribution in [0.1, 0.15) is 12.8 Å². The SMILES string of the molecule is NS(=O)(=O)CC1CC(O)(C(F)F)C1. The molecule has 0 amide bonds. The highest BCUT2D eigenvalue weighted by Crippen LogP contribution is 2.42. The van der Waals surface area contributed by atoms with Crippen molar-refractivity contribution in [2.75, 3.05) is 5.75 Å². The summed E-state index contributed by atoms with van der Waals surface area (Å²) in [5, 5.41) is 13.8. The minimum atomic E-state index is -3.62. The van der Waals surface area contributed by atoms with Gasteiger partial charge in [0.15, 0.2) is 0 Å². The fraction of sp³-hybridized carbons (Fsp3) is 1.00. The third-order valence-electron chi connectivity index (χ3n) is 2.16. The number of rotatable bonds is 3. The molecule has 1 aliphatic rings. The van der Waals surface area contributed by atoms with E-state index in [1.165, 1.54) is 0 Å². The Balaban J connectivity index is 2.42. The van der Waals surface area contributed by atoms with Crippen LogP contribution in [0.4, 0.5) is 8.78 Å². The molecule has 0 atom stereocenters. The van der Waals surface area contributed by atoms with Crippen molar-refractivity contribution in [3.63, 3.8) is 0 Å². The topological polar surface area (TPSA) is 80.4 Å². The zero-order valence-electron chi connectivity index (χ0n) is 6.78.